The number of nitrogens with zero attached hydrogens (tertiary/aromatic N) is 2. The van der Waals surface area contributed by atoms with Gasteiger partial charge in [-0.25, -0.2) is 0 Å². The molecule has 2 aliphatic rings. The summed E-state index contributed by atoms with van der Waals surface area (Å²) in [5, 5.41) is 0. The first-order valence-corrected chi connectivity index (χ1v) is 7.09. The highest BCUT2D eigenvalue weighted by Crippen LogP contribution is 2.26. The van der Waals surface area contributed by atoms with E-state index in [-0.39, 0.29) is 0 Å². The quantitative estimate of drug-likeness (QED) is 0.676. The van der Waals surface area contributed by atoms with Gasteiger partial charge in [0.05, 0.1) is 6.04 Å². The van der Waals surface area contributed by atoms with Crippen LogP contribution < -0.4 is 0 Å². The second-order valence-electron chi connectivity index (χ2n) is 6.05. The molecule has 0 N–H and O–H groups in total. The maximum absolute atomic E-state index is 5.73. The smallest absolute Gasteiger partial charge is 0.0738 e. The molecule has 96 valence electrons. The molecule has 2 heteroatoms. The molecule has 0 aliphatic carbocycles. The molecule has 2 heterocycles. The Morgan fingerprint density at radius 3 is 2.65 bits per heavy atom. The van der Waals surface area contributed by atoms with Gasteiger partial charge in [0, 0.05) is 25.2 Å². The zero-order valence-corrected chi connectivity index (χ0v) is 11.5. The number of rotatable bonds is 2. The van der Waals surface area contributed by atoms with Crippen molar-refractivity contribution in [2.24, 2.45) is 5.92 Å². The molecule has 0 aromatic heterocycles. The molecular weight excluding hydrogens is 208 g/mol. The molecule has 2 nitrogen and oxygen atoms in total. The predicted molar refractivity (Wildman–Crippen MR) is 72.8 cm³/mol. The Bertz CT molecular complexity index is 292. The van der Waals surface area contributed by atoms with Gasteiger partial charge in [-0.05, 0) is 32.2 Å². The summed E-state index contributed by atoms with van der Waals surface area (Å²) in [6.07, 6.45) is 9.86. The van der Waals surface area contributed by atoms with E-state index in [0.717, 1.165) is 6.04 Å². The highest BCUT2D eigenvalue weighted by Gasteiger charge is 2.36. The van der Waals surface area contributed by atoms with E-state index >= 15 is 0 Å². The Hall–Kier alpha value is -0.520. The molecule has 0 saturated carbocycles. The number of fused-ring (bicyclic) bond motifs is 1. The van der Waals surface area contributed by atoms with Crippen LogP contribution in [0, 0.1) is 18.3 Å². The van der Waals surface area contributed by atoms with Gasteiger partial charge >= 0.3 is 0 Å². The van der Waals surface area contributed by atoms with Crippen molar-refractivity contribution in [1.29, 1.82) is 0 Å². The predicted octanol–water partition coefficient (Wildman–Crippen LogP) is 2.20. The summed E-state index contributed by atoms with van der Waals surface area (Å²) in [6, 6.07) is 1.68. The maximum Gasteiger partial charge on any atom is 0.0738 e. The second-order valence-corrected chi connectivity index (χ2v) is 6.05. The Morgan fingerprint density at radius 1 is 1.24 bits per heavy atom. The molecule has 0 radical (unpaired) electrons. The number of hydrogen-bond acceptors (Lipinski definition) is 2. The van der Waals surface area contributed by atoms with Gasteiger partial charge < -0.3 is 0 Å². The molecule has 17 heavy (non-hydrogen) atoms. The molecule has 3 unspecified atom stereocenters. The fourth-order valence-electron chi connectivity index (χ4n) is 3.43. The van der Waals surface area contributed by atoms with Gasteiger partial charge in [0.25, 0.3) is 0 Å². The largest absolute Gasteiger partial charge is 0.298 e. The van der Waals surface area contributed by atoms with Crippen LogP contribution in [0.2, 0.25) is 0 Å². The molecule has 2 saturated heterocycles. The van der Waals surface area contributed by atoms with E-state index in [2.05, 4.69) is 36.5 Å². The van der Waals surface area contributed by atoms with Crippen molar-refractivity contribution < 1.29 is 0 Å². The highest BCUT2D eigenvalue weighted by atomic mass is 15.3. The van der Waals surface area contributed by atoms with Crippen LogP contribution in [-0.2, 0) is 0 Å². The summed E-state index contributed by atoms with van der Waals surface area (Å²) in [7, 11) is 0. The van der Waals surface area contributed by atoms with E-state index in [1.54, 1.807) is 0 Å². The van der Waals surface area contributed by atoms with Crippen LogP contribution in [0.4, 0.5) is 0 Å². The van der Waals surface area contributed by atoms with Crippen molar-refractivity contribution >= 4 is 0 Å². The molecule has 0 spiro atoms. The van der Waals surface area contributed by atoms with Crippen molar-refractivity contribution in [3.05, 3.63) is 0 Å². The molecular formula is C15H26N2. The number of piperazine rings is 1. The van der Waals surface area contributed by atoms with E-state index in [9.17, 15) is 0 Å². The molecule has 3 atom stereocenters. The zero-order chi connectivity index (χ0) is 12.4. The van der Waals surface area contributed by atoms with Gasteiger partial charge in [-0.15, -0.1) is 6.42 Å². The summed E-state index contributed by atoms with van der Waals surface area (Å²) in [6.45, 7) is 10.5. The van der Waals surface area contributed by atoms with E-state index in [4.69, 9.17) is 6.42 Å². The maximum atomic E-state index is 5.73. The van der Waals surface area contributed by atoms with Gasteiger partial charge in [-0.2, -0.15) is 0 Å². The fourth-order valence-corrected chi connectivity index (χ4v) is 3.43. The first-order valence-electron chi connectivity index (χ1n) is 7.09. The lowest BCUT2D eigenvalue weighted by Gasteiger charge is -2.49. The third kappa shape index (κ3) is 2.67. The molecule has 0 aromatic carbocycles. The minimum Gasteiger partial charge on any atom is -0.298 e. The molecule has 0 bridgehead atoms. The van der Waals surface area contributed by atoms with Gasteiger partial charge in [0.2, 0.25) is 0 Å². The summed E-state index contributed by atoms with van der Waals surface area (Å²) in [5.74, 6) is 3.56. The van der Waals surface area contributed by atoms with E-state index in [0.29, 0.717) is 18.0 Å². The Balaban J connectivity index is 2.06. The zero-order valence-electron chi connectivity index (χ0n) is 11.5. The third-order valence-corrected chi connectivity index (χ3v) is 4.40. The van der Waals surface area contributed by atoms with E-state index in [1.165, 1.54) is 38.9 Å². The SMILES string of the molecule is C#CC(C(C)C)N1CC2CCCCN2CC1C. The summed E-state index contributed by atoms with van der Waals surface area (Å²) < 4.78 is 0. The van der Waals surface area contributed by atoms with Crippen molar-refractivity contribution in [2.45, 2.75) is 58.2 Å². The van der Waals surface area contributed by atoms with Crippen LogP contribution in [0.15, 0.2) is 0 Å². The third-order valence-electron chi connectivity index (χ3n) is 4.40. The normalized spacial score (nSPS) is 33.1. The minimum absolute atomic E-state index is 0.314. The van der Waals surface area contributed by atoms with Crippen molar-refractivity contribution in [3.63, 3.8) is 0 Å². The van der Waals surface area contributed by atoms with Crippen LogP contribution in [0.3, 0.4) is 0 Å². The topological polar surface area (TPSA) is 6.48 Å². The minimum atomic E-state index is 0.314. The van der Waals surface area contributed by atoms with Crippen molar-refractivity contribution in [1.82, 2.24) is 9.80 Å². The lowest BCUT2D eigenvalue weighted by atomic mass is 9.93. The summed E-state index contributed by atoms with van der Waals surface area (Å²) >= 11 is 0. The van der Waals surface area contributed by atoms with Gasteiger partial charge in [-0.3, -0.25) is 9.80 Å². The average Bonchev–Trinajstić information content (AvgIpc) is 2.30. The Morgan fingerprint density at radius 2 is 2.00 bits per heavy atom. The van der Waals surface area contributed by atoms with Crippen LogP contribution in [0.5, 0.6) is 0 Å². The van der Waals surface area contributed by atoms with E-state index in [1.807, 2.05) is 0 Å². The highest BCUT2D eigenvalue weighted by molar-refractivity contribution is 5.05. The summed E-state index contributed by atoms with van der Waals surface area (Å²) in [4.78, 5) is 5.25. The lowest BCUT2D eigenvalue weighted by molar-refractivity contribution is -0.00461. The standard InChI is InChI=1S/C15H26N2/c1-5-15(12(2)3)17-11-14-8-6-7-9-16(14)10-13(17)4/h1,12-15H,6-11H2,2-4H3. The second kappa shape index (κ2) is 5.42. The molecule has 2 fully saturated rings. The molecule has 0 aromatic rings. The van der Waals surface area contributed by atoms with Crippen LogP contribution >= 0.6 is 0 Å². The molecule has 2 rings (SSSR count). The monoisotopic (exact) mass is 234 g/mol. The summed E-state index contributed by atoms with van der Waals surface area (Å²) in [5.41, 5.74) is 0. The fraction of sp³-hybridized carbons (Fsp3) is 0.867. The van der Waals surface area contributed by atoms with Gasteiger partial charge in [0.1, 0.15) is 0 Å². The van der Waals surface area contributed by atoms with Gasteiger partial charge in [0.15, 0.2) is 0 Å². The van der Waals surface area contributed by atoms with E-state index < -0.39 is 0 Å². The molecule has 0 amide bonds. The van der Waals surface area contributed by atoms with Crippen LogP contribution in [-0.4, -0.2) is 47.6 Å². The number of piperidine rings is 1. The van der Waals surface area contributed by atoms with Crippen LogP contribution in [0.25, 0.3) is 0 Å². The van der Waals surface area contributed by atoms with Crippen molar-refractivity contribution in [2.75, 3.05) is 19.6 Å². The first kappa shape index (κ1) is 12.9. The van der Waals surface area contributed by atoms with Crippen LogP contribution in [0.1, 0.15) is 40.0 Å². The van der Waals surface area contributed by atoms with Crippen molar-refractivity contribution in [3.8, 4) is 12.3 Å². The van der Waals surface area contributed by atoms with Gasteiger partial charge in [-0.1, -0.05) is 26.2 Å². The average molecular weight is 234 g/mol. The molecule has 2 aliphatic heterocycles. The number of hydrogen-bond donors (Lipinski definition) is 0. The lowest BCUT2D eigenvalue weighted by Crippen LogP contribution is -2.61. The Labute approximate surface area is 106 Å². The Kier molecular flexibility index (Phi) is 4.12. The number of terminal acetylenes is 1. The first-order chi connectivity index (χ1) is 8.13.